The largest absolute Gasteiger partial charge is 0.488 e. The minimum absolute atomic E-state index is 0.103. The molecule has 5 heteroatoms. The Morgan fingerprint density at radius 3 is 2.72 bits per heavy atom. The lowest BCUT2D eigenvalue weighted by atomic mass is 10.1. The maximum atomic E-state index is 11.4. The number of likely N-dealkylation sites (tertiary alicyclic amines) is 1. The van der Waals surface area contributed by atoms with E-state index < -0.39 is 0 Å². The molecule has 2 bridgehead atoms. The minimum Gasteiger partial charge on any atom is -0.488 e. The standard InChI is InChI=1S/C20H19Br2NO2/c21-16-6-7-17(15(8-16)12-24)25-18-9-14-11-23(20(18)19(14)22)10-13-4-2-1-3-5-13/h1-8,12,14,18-20H,9-11H2/t14-,18-,19+,20-/m1/s1. The van der Waals surface area contributed by atoms with Crippen LogP contribution in [0, 0.1) is 5.92 Å². The lowest BCUT2D eigenvalue weighted by Crippen LogP contribution is -2.44. The van der Waals surface area contributed by atoms with Crippen LogP contribution in [0.2, 0.25) is 0 Å². The molecule has 2 aliphatic rings. The Kier molecular flexibility index (Phi) is 4.98. The normalized spacial score (nSPS) is 28.2. The molecule has 2 fully saturated rings. The van der Waals surface area contributed by atoms with Crippen LogP contribution in [0.4, 0.5) is 0 Å². The summed E-state index contributed by atoms with van der Waals surface area (Å²) >= 11 is 7.30. The van der Waals surface area contributed by atoms with E-state index in [1.807, 2.05) is 24.3 Å². The first-order chi connectivity index (χ1) is 12.2. The first kappa shape index (κ1) is 17.3. The van der Waals surface area contributed by atoms with Crippen molar-refractivity contribution in [1.82, 2.24) is 4.90 Å². The van der Waals surface area contributed by atoms with Gasteiger partial charge in [-0.05, 0) is 36.1 Å². The number of ether oxygens (including phenoxy) is 1. The van der Waals surface area contributed by atoms with E-state index in [9.17, 15) is 4.79 Å². The van der Waals surface area contributed by atoms with Gasteiger partial charge in [0, 0.05) is 22.4 Å². The third kappa shape index (κ3) is 3.42. The Morgan fingerprint density at radius 2 is 2.00 bits per heavy atom. The molecule has 3 nitrogen and oxygen atoms in total. The molecule has 1 saturated carbocycles. The number of benzene rings is 2. The predicted octanol–water partition coefficient (Wildman–Crippen LogP) is 4.68. The summed E-state index contributed by atoms with van der Waals surface area (Å²) < 4.78 is 7.19. The second kappa shape index (κ2) is 7.22. The van der Waals surface area contributed by atoms with E-state index in [1.165, 1.54) is 5.56 Å². The molecule has 25 heavy (non-hydrogen) atoms. The van der Waals surface area contributed by atoms with E-state index in [4.69, 9.17) is 4.74 Å². The zero-order chi connectivity index (χ0) is 17.4. The third-order valence-electron chi connectivity index (χ3n) is 5.19. The van der Waals surface area contributed by atoms with E-state index in [1.54, 1.807) is 0 Å². The van der Waals surface area contributed by atoms with Crippen LogP contribution < -0.4 is 4.74 Å². The highest BCUT2D eigenvalue weighted by atomic mass is 79.9. The van der Waals surface area contributed by atoms with Crippen LogP contribution in [0.1, 0.15) is 22.3 Å². The summed E-state index contributed by atoms with van der Waals surface area (Å²) in [6.45, 7) is 2.03. The number of aldehydes is 1. The average molecular weight is 465 g/mol. The van der Waals surface area contributed by atoms with Crippen molar-refractivity contribution < 1.29 is 9.53 Å². The van der Waals surface area contributed by atoms with Gasteiger partial charge in [0.1, 0.15) is 11.9 Å². The molecule has 0 radical (unpaired) electrons. The summed E-state index contributed by atoms with van der Waals surface area (Å²) in [5.41, 5.74) is 1.92. The fourth-order valence-corrected chi connectivity index (χ4v) is 5.51. The number of piperidine rings is 1. The van der Waals surface area contributed by atoms with Crippen LogP contribution in [-0.4, -0.2) is 34.7 Å². The van der Waals surface area contributed by atoms with Crippen LogP contribution in [0.15, 0.2) is 53.0 Å². The Labute approximate surface area is 164 Å². The number of hydrogen-bond acceptors (Lipinski definition) is 3. The summed E-state index contributed by atoms with van der Waals surface area (Å²) in [6, 6.07) is 16.5. The molecular weight excluding hydrogens is 446 g/mol. The first-order valence-corrected chi connectivity index (χ1v) is 10.2. The molecule has 1 aliphatic carbocycles. The number of carbonyl (C=O) groups is 1. The van der Waals surface area contributed by atoms with Crippen LogP contribution in [0.5, 0.6) is 5.75 Å². The van der Waals surface area contributed by atoms with Gasteiger partial charge in [-0.3, -0.25) is 9.69 Å². The second-order valence-electron chi connectivity index (χ2n) is 6.80. The van der Waals surface area contributed by atoms with Crippen LogP contribution in [0.3, 0.4) is 0 Å². The zero-order valence-electron chi connectivity index (χ0n) is 13.6. The Balaban J connectivity index is 1.53. The van der Waals surface area contributed by atoms with Gasteiger partial charge in [-0.1, -0.05) is 62.2 Å². The van der Waals surface area contributed by atoms with Gasteiger partial charge in [-0.2, -0.15) is 0 Å². The number of rotatable bonds is 5. The summed E-state index contributed by atoms with van der Waals surface area (Å²) in [4.78, 5) is 14.3. The minimum atomic E-state index is 0.103. The maximum Gasteiger partial charge on any atom is 0.153 e. The highest BCUT2D eigenvalue weighted by Crippen LogP contribution is 2.44. The summed E-state index contributed by atoms with van der Waals surface area (Å²) in [6.07, 6.45) is 1.99. The molecule has 4 atom stereocenters. The van der Waals surface area contributed by atoms with Gasteiger partial charge in [0.15, 0.2) is 6.29 Å². The van der Waals surface area contributed by atoms with Crippen molar-refractivity contribution in [2.24, 2.45) is 5.92 Å². The van der Waals surface area contributed by atoms with Crippen molar-refractivity contribution in [1.29, 1.82) is 0 Å². The molecule has 0 aromatic heterocycles. The average Bonchev–Trinajstić information content (AvgIpc) is 3.08. The number of fused-ring (bicyclic) bond motifs is 2. The van der Waals surface area contributed by atoms with E-state index >= 15 is 0 Å². The number of nitrogens with zero attached hydrogens (tertiary/aromatic N) is 1. The molecule has 0 spiro atoms. The third-order valence-corrected chi connectivity index (χ3v) is 6.97. The number of alkyl halides is 1. The van der Waals surface area contributed by atoms with Crippen LogP contribution in [-0.2, 0) is 6.54 Å². The van der Waals surface area contributed by atoms with Gasteiger partial charge in [-0.25, -0.2) is 0 Å². The van der Waals surface area contributed by atoms with Crippen molar-refractivity contribution in [3.63, 3.8) is 0 Å². The molecular formula is C20H19Br2NO2. The maximum absolute atomic E-state index is 11.4. The summed E-state index contributed by atoms with van der Waals surface area (Å²) in [5.74, 6) is 1.27. The van der Waals surface area contributed by atoms with Gasteiger partial charge in [0.05, 0.1) is 11.6 Å². The van der Waals surface area contributed by atoms with Crippen LogP contribution >= 0.6 is 31.9 Å². The Hall–Kier alpha value is -1.17. The molecule has 4 rings (SSSR count). The lowest BCUT2D eigenvalue weighted by molar-refractivity contribution is 0.0700. The quantitative estimate of drug-likeness (QED) is 0.475. The highest BCUT2D eigenvalue weighted by Gasteiger charge is 2.52. The number of halogens is 2. The fraction of sp³-hybridized carbons (Fsp3) is 0.350. The zero-order valence-corrected chi connectivity index (χ0v) is 16.8. The van der Waals surface area contributed by atoms with Gasteiger partial charge >= 0.3 is 0 Å². The van der Waals surface area contributed by atoms with Gasteiger partial charge < -0.3 is 4.74 Å². The van der Waals surface area contributed by atoms with Crippen molar-refractivity contribution in [2.75, 3.05) is 6.54 Å². The van der Waals surface area contributed by atoms with Crippen molar-refractivity contribution in [3.8, 4) is 5.75 Å². The van der Waals surface area contributed by atoms with E-state index in [2.05, 4.69) is 61.0 Å². The molecule has 0 N–H and O–H groups in total. The molecule has 2 aromatic rings. The van der Waals surface area contributed by atoms with Gasteiger partial charge in [0.2, 0.25) is 0 Å². The molecule has 1 heterocycles. The monoisotopic (exact) mass is 463 g/mol. The van der Waals surface area contributed by atoms with Crippen molar-refractivity contribution in [3.05, 3.63) is 64.1 Å². The fourth-order valence-electron chi connectivity index (χ4n) is 4.07. The van der Waals surface area contributed by atoms with Crippen LogP contribution in [0.25, 0.3) is 0 Å². The Bertz CT molecular complexity index is 768. The second-order valence-corrected chi connectivity index (χ2v) is 8.78. The lowest BCUT2D eigenvalue weighted by Gasteiger charge is -2.33. The molecule has 0 amide bonds. The summed E-state index contributed by atoms with van der Waals surface area (Å²) in [5, 5.41) is 0. The Morgan fingerprint density at radius 1 is 1.20 bits per heavy atom. The summed E-state index contributed by atoms with van der Waals surface area (Å²) in [7, 11) is 0. The number of carbonyl (C=O) groups excluding carboxylic acids is 1. The first-order valence-electron chi connectivity index (χ1n) is 8.49. The smallest absolute Gasteiger partial charge is 0.153 e. The predicted molar refractivity (Wildman–Crippen MR) is 105 cm³/mol. The van der Waals surface area contributed by atoms with E-state index in [0.29, 0.717) is 28.1 Å². The number of hydrogen-bond donors (Lipinski definition) is 0. The molecule has 1 saturated heterocycles. The van der Waals surface area contributed by atoms with Crippen molar-refractivity contribution >= 4 is 38.1 Å². The van der Waals surface area contributed by atoms with Gasteiger partial charge in [-0.15, -0.1) is 0 Å². The highest BCUT2D eigenvalue weighted by molar-refractivity contribution is 9.10. The molecule has 0 unspecified atom stereocenters. The molecule has 1 aliphatic heterocycles. The topological polar surface area (TPSA) is 29.5 Å². The van der Waals surface area contributed by atoms with Crippen molar-refractivity contribution in [2.45, 2.75) is 29.9 Å². The SMILES string of the molecule is O=Cc1cc(Br)ccc1O[C@@H]1C[C@@H]2CN(Cc3ccccc3)[C@H]1[C@H]2Br. The van der Waals surface area contributed by atoms with E-state index in [0.717, 1.165) is 30.3 Å². The van der Waals surface area contributed by atoms with Gasteiger partial charge in [0.25, 0.3) is 0 Å². The molecule has 2 aromatic carbocycles. The molecule has 130 valence electrons. The van der Waals surface area contributed by atoms with E-state index in [-0.39, 0.29) is 6.10 Å².